The number of nitrogens with one attached hydrogen (secondary N) is 1. The fraction of sp³-hybridized carbons (Fsp3) is 0.412. The van der Waals surface area contributed by atoms with Crippen molar-refractivity contribution in [2.45, 2.75) is 25.3 Å². The number of hydrogen-bond acceptors (Lipinski definition) is 3. The highest BCUT2D eigenvalue weighted by Crippen LogP contribution is 2.24. The van der Waals surface area contributed by atoms with Gasteiger partial charge >= 0.3 is 0 Å². The second-order valence-corrected chi connectivity index (χ2v) is 5.59. The first-order valence-corrected chi connectivity index (χ1v) is 7.39. The molecule has 0 spiro atoms. The van der Waals surface area contributed by atoms with Crippen LogP contribution < -0.4 is 11.3 Å². The van der Waals surface area contributed by atoms with Gasteiger partial charge in [0.2, 0.25) is 0 Å². The van der Waals surface area contributed by atoms with Gasteiger partial charge in [-0.1, -0.05) is 42.5 Å². The minimum atomic E-state index is 0.279. The first-order chi connectivity index (χ1) is 9.88. The number of fused-ring (bicyclic) bond motifs is 1. The summed E-state index contributed by atoms with van der Waals surface area (Å²) in [5.41, 5.74) is 4.36. The fourth-order valence-corrected chi connectivity index (χ4v) is 3.15. The highest BCUT2D eigenvalue weighted by molar-refractivity contribution is 5.85. The second-order valence-electron chi connectivity index (χ2n) is 5.59. The molecule has 1 saturated heterocycles. The molecule has 3 rings (SSSR count). The monoisotopic (exact) mass is 270 g/mol. The molecule has 2 atom stereocenters. The van der Waals surface area contributed by atoms with Gasteiger partial charge in [0.1, 0.15) is 0 Å². The van der Waals surface area contributed by atoms with Crippen LogP contribution in [0, 0.1) is 5.92 Å². The molecule has 1 aliphatic heterocycles. The zero-order chi connectivity index (χ0) is 13.8. The van der Waals surface area contributed by atoms with Gasteiger partial charge in [-0.05, 0) is 41.5 Å². The van der Waals surface area contributed by atoms with Crippen LogP contribution in [-0.2, 0) is 11.2 Å². The van der Waals surface area contributed by atoms with Crippen molar-refractivity contribution in [3.63, 3.8) is 0 Å². The summed E-state index contributed by atoms with van der Waals surface area (Å²) < 4.78 is 5.59. The molecule has 3 nitrogen and oxygen atoms in total. The van der Waals surface area contributed by atoms with Crippen molar-refractivity contribution in [2.75, 3.05) is 13.2 Å². The van der Waals surface area contributed by atoms with E-state index in [2.05, 4.69) is 47.9 Å². The molecule has 1 fully saturated rings. The Balaban J connectivity index is 1.83. The summed E-state index contributed by atoms with van der Waals surface area (Å²) >= 11 is 0. The Morgan fingerprint density at radius 2 is 2.05 bits per heavy atom. The Morgan fingerprint density at radius 3 is 2.85 bits per heavy atom. The predicted molar refractivity (Wildman–Crippen MR) is 82.3 cm³/mol. The molecule has 20 heavy (non-hydrogen) atoms. The van der Waals surface area contributed by atoms with E-state index in [1.165, 1.54) is 22.8 Å². The Morgan fingerprint density at radius 1 is 1.20 bits per heavy atom. The number of hydrogen-bond donors (Lipinski definition) is 2. The van der Waals surface area contributed by atoms with E-state index >= 15 is 0 Å². The standard InChI is InChI=1S/C17H22N2O/c18-19-17(15-8-4-10-20-12-15)11-14-7-3-6-13-5-1-2-9-16(13)14/h1-3,5-7,9,15,17,19H,4,8,10-12,18H2. The van der Waals surface area contributed by atoms with E-state index in [-0.39, 0.29) is 6.04 Å². The number of benzene rings is 2. The van der Waals surface area contributed by atoms with Crippen molar-refractivity contribution in [2.24, 2.45) is 11.8 Å². The molecule has 106 valence electrons. The molecule has 0 radical (unpaired) electrons. The van der Waals surface area contributed by atoms with E-state index in [0.717, 1.165) is 26.1 Å². The number of rotatable bonds is 4. The minimum Gasteiger partial charge on any atom is -0.381 e. The predicted octanol–water partition coefficient (Wildman–Crippen LogP) is 2.64. The SMILES string of the molecule is NNC(Cc1cccc2ccccc12)C1CCCOC1. The van der Waals surface area contributed by atoms with Gasteiger partial charge in [-0.25, -0.2) is 0 Å². The minimum absolute atomic E-state index is 0.279. The van der Waals surface area contributed by atoms with Gasteiger partial charge in [0, 0.05) is 12.6 Å². The van der Waals surface area contributed by atoms with Gasteiger partial charge in [-0.2, -0.15) is 0 Å². The molecule has 1 aliphatic rings. The summed E-state index contributed by atoms with van der Waals surface area (Å²) in [6.45, 7) is 1.71. The van der Waals surface area contributed by atoms with Crippen molar-refractivity contribution < 1.29 is 4.74 Å². The topological polar surface area (TPSA) is 47.3 Å². The van der Waals surface area contributed by atoms with E-state index in [4.69, 9.17) is 10.6 Å². The summed E-state index contributed by atoms with van der Waals surface area (Å²) in [5.74, 6) is 6.30. The van der Waals surface area contributed by atoms with E-state index in [9.17, 15) is 0 Å². The number of hydrazine groups is 1. The zero-order valence-corrected chi connectivity index (χ0v) is 11.7. The first kappa shape index (κ1) is 13.6. The van der Waals surface area contributed by atoms with Gasteiger partial charge in [0.15, 0.2) is 0 Å². The average Bonchev–Trinajstić information content (AvgIpc) is 2.53. The zero-order valence-electron chi connectivity index (χ0n) is 11.7. The summed E-state index contributed by atoms with van der Waals surface area (Å²) in [5, 5.41) is 2.62. The van der Waals surface area contributed by atoms with E-state index in [0.29, 0.717) is 5.92 Å². The van der Waals surface area contributed by atoms with Crippen LogP contribution in [0.4, 0.5) is 0 Å². The molecule has 2 unspecified atom stereocenters. The maximum atomic E-state index is 5.79. The van der Waals surface area contributed by atoms with Crippen LogP contribution in [0.5, 0.6) is 0 Å². The third-order valence-electron chi connectivity index (χ3n) is 4.30. The van der Waals surface area contributed by atoms with E-state index in [1.807, 2.05) is 0 Å². The third-order valence-corrected chi connectivity index (χ3v) is 4.30. The first-order valence-electron chi connectivity index (χ1n) is 7.39. The Bertz CT molecular complexity index is 558. The molecule has 0 aromatic heterocycles. The average molecular weight is 270 g/mol. The normalized spacial score (nSPS) is 20.9. The van der Waals surface area contributed by atoms with Crippen LogP contribution in [0.1, 0.15) is 18.4 Å². The molecule has 0 amide bonds. The van der Waals surface area contributed by atoms with Gasteiger partial charge in [0.25, 0.3) is 0 Å². The molecule has 1 heterocycles. The second kappa shape index (κ2) is 6.35. The van der Waals surface area contributed by atoms with Crippen LogP contribution in [0.2, 0.25) is 0 Å². The van der Waals surface area contributed by atoms with Crippen molar-refractivity contribution in [1.29, 1.82) is 0 Å². The van der Waals surface area contributed by atoms with E-state index in [1.54, 1.807) is 0 Å². The fourth-order valence-electron chi connectivity index (χ4n) is 3.15. The quantitative estimate of drug-likeness (QED) is 0.663. The van der Waals surface area contributed by atoms with Crippen LogP contribution in [0.3, 0.4) is 0 Å². The molecule has 0 bridgehead atoms. The van der Waals surface area contributed by atoms with Gasteiger partial charge in [0.05, 0.1) is 6.61 Å². The Labute approximate surface area is 120 Å². The molecule has 0 aliphatic carbocycles. The lowest BCUT2D eigenvalue weighted by molar-refractivity contribution is 0.0394. The van der Waals surface area contributed by atoms with Crippen LogP contribution in [0.15, 0.2) is 42.5 Å². The van der Waals surface area contributed by atoms with Crippen LogP contribution in [-0.4, -0.2) is 19.3 Å². The van der Waals surface area contributed by atoms with Gasteiger partial charge in [-0.3, -0.25) is 11.3 Å². The van der Waals surface area contributed by atoms with Crippen molar-refractivity contribution in [3.05, 3.63) is 48.0 Å². The molecule has 2 aromatic rings. The number of ether oxygens (including phenoxy) is 1. The molecular weight excluding hydrogens is 248 g/mol. The summed E-state index contributed by atoms with van der Waals surface area (Å²) in [4.78, 5) is 0. The maximum Gasteiger partial charge on any atom is 0.0509 e. The van der Waals surface area contributed by atoms with Crippen molar-refractivity contribution >= 4 is 10.8 Å². The molecular formula is C17H22N2O. The molecule has 0 saturated carbocycles. The summed E-state index contributed by atoms with van der Waals surface area (Å²) in [7, 11) is 0. The molecule has 3 heteroatoms. The molecule has 2 aromatic carbocycles. The Kier molecular flexibility index (Phi) is 4.31. The van der Waals surface area contributed by atoms with Gasteiger partial charge < -0.3 is 4.74 Å². The maximum absolute atomic E-state index is 5.79. The van der Waals surface area contributed by atoms with Crippen molar-refractivity contribution in [3.8, 4) is 0 Å². The van der Waals surface area contributed by atoms with Crippen LogP contribution in [0.25, 0.3) is 10.8 Å². The number of nitrogens with two attached hydrogens (primary N) is 1. The lowest BCUT2D eigenvalue weighted by atomic mass is 9.88. The summed E-state index contributed by atoms with van der Waals surface area (Å²) in [6, 6.07) is 15.3. The third kappa shape index (κ3) is 2.85. The smallest absolute Gasteiger partial charge is 0.0509 e. The lowest BCUT2D eigenvalue weighted by Gasteiger charge is -2.30. The lowest BCUT2D eigenvalue weighted by Crippen LogP contribution is -2.45. The van der Waals surface area contributed by atoms with Crippen molar-refractivity contribution in [1.82, 2.24) is 5.43 Å². The van der Waals surface area contributed by atoms with Crippen LogP contribution >= 0.6 is 0 Å². The van der Waals surface area contributed by atoms with Gasteiger partial charge in [-0.15, -0.1) is 0 Å². The highest BCUT2D eigenvalue weighted by Gasteiger charge is 2.23. The molecule has 3 N–H and O–H groups in total. The highest BCUT2D eigenvalue weighted by atomic mass is 16.5. The van der Waals surface area contributed by atoms with E-state index < -0.39 is 0 Å². The largest absolute Gasteiger partial charge is 0.381 e. The Hall–Kier alpha value is -1.42. The summed E-state index contributed by atoms with van der Waals surface area (Å²) in [6.07, 6.45) is 3.28.